The monoisotopic (exact) mass is 394 g/mol. The Morgan fingerprint density at radius 2 is 1.96 bits per heavy atom. The molecule has 7 heteroatoms. The molecule has 2 aromatic carbocycles. The number of nitriles is 1. The SMILES string of the molecule is CCOC(=O)c1cccc(N)c1NCc1ccc(-n2c(Cl)ccc2C#N)cc1. The van der Waals surface area contributed by atoms with Crippen LogP contribution in [0.15, 0.2) is 54.6 Å². The largest absolute Gasteiger partial charge is 0.462 e. The van der Waals surface area contributed by atoms with Gasteiger partial charge in [0.1, 0.15) is 16.9 Å². The van der Waals surface area contributed by atoms with Gasteiger partial charge in [-0.2, -0.15) is 5.26 Å². The Balaban J connectivity index is 1.79. The highest BCUT2D eigenvalue weighted by Gasteiger charge is 2.15. The summed E-state index contributed by atoms with van der Waals surface area (Å²) in [7, 11) is 0. The number of ether oxygens (including phenoxy) is 1. The number of halogens is 1. The zero-order valence-corrected chi connectivity index (χ0v) is 16.0. The standard InChI is InChI=1S/C21H19ClN4O2/c1-2-28-21(27)17-4-3-5-18(24)20(17)25-13-14-6-8-15(9-7-14)26-16(12-23)10-11-19(26)22/h3-11,25H,2,13,24H2,1H3. The number of carbonyl (C=O) groups excluding carboxylic acids is 1. The lowest BCUT2D eigenvalue weighted by Gasteiger charge is -2.14. The minimum atomic E-state index is -0.418. The number of nitrogen functional groups attached to an aromatic ring is 1. The van der Waals surface area contributed by atoms with Crippen LogP contribution in [0.1, 0.15) is 28.5 Å². The van der Waals surface area contributed by atoms with Crippen LogP contribution in [0.25, 0.3) is 5.69 Å². The highest BCUT2D eigenvalue weighted by atomic mass is 35.5. The second-order valence-corrected chi connectivity index (χ2v) is 6.39. The zero-order chi connectivity index (χ0) is 20.1. The summed E-state index contributed by atoms with van der Waals surface area (Å²) < 4.78 is 6.76. The van der Waals surface area contributed by atoms with Gasteiger partial charge >= 0.3 is 5.97 Å². The van der Waals surface area contributed by atoms with E-state index < -0.39 is 5.97 Å². The van der Waals surface area contributed by atoms with Crippen molar-refractivity contribution in [1.29, 1.82) is 5.26 Å². The van der Waals surface area contributed by atoms with Gasteiger partial charge in [-0.25, -0.2) is 4.79 Å². The van der Waals surface area contributed by atoms with Gasteiger partial charge in [-0.05, 0) is 48.9 Å². The number of nitrogens with zero attached hydrogens (tertiary/aromatic N) is 2. The summed E-state index contributed by atoms with van der Waals surface area (Å²) in [4.78, 5) is 12.1. The molecule has 0 fully saturated rings. The van der Waals surface area contributed by atoms with Crippen molar-refractivity contribution in [3.05, 3.63) is 76.6 Å². The summed E-state index contributed by atoms with van der Waals surface area (Å²) in [5, 5.41) is 12.9. The van der Waals surface area contributed by atoms with E-state index in [0.717, 1.165) is 11.3 Å². The molecule has 0 spiro atoms. The Bertz CT molecular complexity index is 1040. The van der Waals surface area contributed by atoms with Crippen LogP contribution in [0.4, 0.5) is 11.4 Å². The number of esters is 1. The molecule has 0 aliphatic rings. The Morgan fingerprint density at radius 1 is 1.21 bits per heavy atom. The third-order valence-electron chi connectivity index (χ3n) is 4.20. The molecule has 3 aromatic rings. The quantitative estimate of drug-likeness (QED) is 0.478. The molecule has 142 valence electrons. The summed E-state index contributed by atoms with van der Waals surface area (Å²) in [5.41, 5.74) is 9.69. The molecule has 0 saturated heterocycles. The fourth-order valence-electron chi connectivity index (χ4n) is 2.86. The van der Waals surface area contributed by atoms with E-state index in [-0.39, 0.29) is 0 Å². The molecule has 3 N–H and O–H groups in total. The molecular weight excluding hydrogens is 376 g/mol. The topological polar surface area (TPSA) is 93.1 Å². The van der Waals surface area contributed by atoms with Crippen LogP contribution in [-0.4, -0.2) is 17.1 Å². The lowest BCUT2D eigenvalue weighted by atomic mass is 10.1. The Hall–Kier alpha value is -3.43. The first-order chi connectivity index (χ1) is 13.5. The lowest BCUT2D eigenvalue weighted by Crippen LogP contribution is -2.11. The maximum atomic E-state index is 12.1. The summed E-state index contributed by atoms with van der Waals surface area (Å²) in [6, 6.07) is 18.2. The Morgan fingerprint density at radius 3 is 2.64 bits per heavy atom. The molecule has 1 aromatic heterocycles. The summed E-state index contributed by atoms with van der Waals surface area (Å²) >= 11 is 6.17. The fraction of sp³-hybridized carbons (Fsp3) is 0.143. The number of hydrogen-bond acceptors (Lipinski definition) is 5. The van der Waals surface area contributed by atoms with E-state index in [9.17, 15) is 10.1 Å². The molecular formula is C21H19ClN4O2. The van der Waals surface area contributed by atoms with Crippen LogP contribution in [0, 0.1) is 11.3 Å². The number of benzene rings is 2. The van der Waals surface area contributed by atoms with Gasteiger partial charge in [0.25, 0.3) is 0 Å². The molecule has 0 radical (unpaired) electrons. The van der Waals surface area contributed by atoms with E-state index in [1.165, 1.54) is 0 Å². The third kappa shape index (κ3) is 3.95. The maximum absolute atomic E-state index is 12.1. The molecule has 1 heterocycles. The minimum Gasteiger partial charge on any atom is -0.462 e. The normalized spacial score (nSPS) is 10.3. The van der Waals surface area contributed by atoms with Gasteiger partial charge in [-0.1, -0.05) is 29.8 Å². The number of rotatable bonds is 6. The van der Waals surface area contributed by atoms with Gasteiger partial charge < -0.3 is 15.8 Å². The van der Waals surface area contributed by atoms with Crippen LogP contribution in [0.5, 0.6) is 0 Å². The van der Waals surface area contributed by atoms with Crippen molar-refractivity contribution in [1.82, 2.24) is 4.57 Å². The molecule has 0 unspecified atom stereocenters. The zero-order valence-electron chi connectivity index (χ0n) is 15.3. The van der Waals surface area contributed by atoms with Crippen LogP contribution < -0.4 is 11.1 Å². The van der Waals surface area contributed by atoms with Crippen LogP contribution >= 0.6 is 11.6 Å². The highest BCUT2D eigenvalue weighted by Crippen LogP contribution is 2.26. The Kier molecular flexibility index (Phi) is 5.87. The van der Waals surface area contributed by atoms with Gasteiger partial charge in [-0.3, -0.25) is 4.57 Å². The molecule has 0 saturated carbocycles. The Labute approximate surface area is 168 Å². The van der Waals surface area contributed by atoms with Gasteiger partial charge in [0.2, 0.25) is 0 Å². The van der Waals surface area contributed by atoms with Gasteiger partial charge in [0.05, 0.1) is 23.5 Å². The molecule has 6 nitrogen and oxygen atoms in total. The third-order valence-corrected chi connectivity index (χ3v) is 4.50. The first kappa shape index (κ1) is 19.3. The van der Waals surface area contributed by atoms with Crippen molar-refractivity contribution >= 4 is 28.9 Å². The van der Waals surface area contributed by atoms with Crippen LogP contribution in [-0.2, 0) is 11.3 Å². The summed E-state index contributed by atoms with van der Waals surface area (Å²) in [5.74, 6) is -0.418. The van der Waals surface area contributed by atoms with E-state index in [2.05, 4.69) is 11.4 Å². The first-order valence-electron chi connectivity index (χ1n) is 8.71. The van der Waals surface area contributed by atoms with E-state index in [0.29, 0.717) is 40.9 Å². The molecule has 0 amide bonds. The average Bonchev–Trinajstić information content (AvgIpc) is 3.08. The van der Waals surface area contributed by atoms with Crippen molar-refractivity contribution < 1.29 is 9.53 Å². The van der Waals surface area contributed by atoms with Crippen molar-refractivity contribution in [3.8, 4) is 11.8 Å². The second-order valence-electron chi connectivity index (χ2n) is 6.00. The smallest absolute Gasteiger partial charge is 0.340 e. The number of nitrogens with one attached hydrogen (secondary N) is 1. The summed E-state index contributed by atoms with van der Waals surface area (Å²) in [6.45, 7) is 2.51. The number of aromatic nitrogens is 1. The summed E-state index contributed by atoms with van der Waals surface area (Å²) in [6.07, 6.45) is 0. The second kappa shape index (κ2) is 8.51. The van der Waals surface area contributed by atoms with Crippen LogP contribution in [0.2, 0.25) is 5.15 Å². The minimum absolute atomic E-state index is 0.293. The van der Waals surface area contributed by atoms with Gasteiger partial charge in [0.15, 0.2) is 0 Å². The van der Waals surface area contributed by atoms with Crippen molar-refractivity contribution in [2.75, 3.05) is 17.7 Å². The van der Waals surface area contributed by atoms with Gasteiger partial charge in [-0.15, -0.1) is 0 Å². The molecule has 0 aliphatic heterocycles. The van der Waals surface area contributed by atoms with E-state index in [1.54, 1.807) is 41.8 Å². The fourth-order valence-corrected chi connectivity index (χ4v) is 3.11. The highest BCUT2D eigenvalue weighted by molar-refractivity contribution is 6.30. The number of nitrogens with two attached hydrogens (primary N) is 1. The number of carbonyl (C=O) groups is 1. The van der Waals surface area contributed by atoms with Crippen molar-refractivity contribution in [3.63, 3.8) is 0 Å². The molecule has 28 heavy (non-hydrogen) atoms. The molecule has 3 rings (SSSR count). The van der Waals surface area contributed by atoms with Crippen molar-refractivity contribution in [2.24, 2.45) is 0 Å². The molecule has 0 atom stereocenters. The first-order valence-corrected chi connectivity index (χ1v) is 9.09. The van der Waals surface area contributed by atoms with E-state index >= 15 is 0 Å². The number of hydrogen-bond donors (Lipinski definition) is 2. The lowest BCUT2D eigenvalue weighted by molar-refractivity contribution is 0.0527. The predicted molar refractivity (Wildman–Crippen MR) is 110 cm³/mol. The van der Waals surface area contributed by atoms with Crippen LogP contribution in [0.3, 0.4) is 0 Å². The van der Waals surface area contributed by atoms with Gasteiger partial charge in [0, 0.05) is 12.2 Å². The van der Waals surface area contributed by atoms with E-state index in [1.807, 2.05) is 24.3 Å². The molecule has 0 bridgehead atoms. The van der Waals surface area contributed by atoms with Crippen molar-refractivity contribution in [2.45, 2.75) is 13.5 Å². The number of anilines is 2. The maximum Gasteiger partial charge on any atom is 0.340 e. The predicted octanol–water partition coefficient (Wildman–Crippen LogP) is 4.37. The van der Waals surface area contributed by atoms with E-state index in [4.69, 9.17) is 22.1 Å². The average molecular weight is 395 g/mol. The number of para-hydroxylation sites is 1. The molecule has 0 aliphatic carbocycles.